The van der Waals surface area contributed by atoms with Gasteiger partial charge in [0.05, 0.1) is 0 Å². The number of nitrogens with zero attached hydrogens (tertiary/aromatic N) is 4. The highest BCUT2D eigenvalue weighted by atomic mass is 35.5. The van der Waals surface area contributed by atoms with Gasteiger partial charge in [-0.3, -0.25) is 4.79 Å². The number of halogens is 2. The molecule has 1 aromatic heterocycles. The lowest BCUT2D eigenvalue weighted by Gasteiger charge is -2.35. The zero-order valence-corrected chi connectivity index (χ0v) is 17.0. The van der Waals surface area contributed by atoms with Gasteiger partial charge in [0.1, 0.15) is 5.82 Å². The first-order chi connectivity index (χ1) is 13.0. The van der Waals surface area contributed by atoms with Crippen molar-refractivity contribution in [2.75, 3.05) is 44.7 Å². The third-order valence-corrected chi connectivity index (χ3v) is 5.12. The van der Waals surface area contributed by atoms with Crippen LogP contribution >= 0.6 is 23.2 Å². The van der Waals surface area contributed by atoms with Crippen LogP contribution < -0.4 is 4.90 Å². The van der Waals surface area contributed by atoms with Crippen LogP contribution in [0.4, 0.5) is 5.82 Å². The fourth-order valence-electron chi connectivity index (χ4n) is 3.26. The molecule has 0 unspecified atom stereocenters. The summed E-state index contributed by atoms with van der Waals surface area (Å²) in [6.45, 7) is 4.52. The Morgan fingerprint density at radius 1 is 1.11 bits per heavy atom. The Morgan fingerprint density at radius 3 is 2.44 bits per heavy atom. The van der Waals surface area contributed by atoms with Crippen molar-refractivity contribution in [1.82, 2.24) is 14.8 Å². The average Bonchev–Trinajstić information content (AvgIpc) is 2.66. The van der Waals surface area contributed by atoms with E-state index < -0.39 is 0 Å². The molecule has 27 heavy (non-hydrogen) atoms. The maximum absolute atomic E-state index is 12.5. The topological polar surface area (TPSA) is 39.7 Å². The van der Waals surface area contributed by atoms with Gasteiger partial charge in [0, 0.05) is 61.9 Å². The average molecular weight is 407 g/mol. The minimum atomic E-state index is 0.201. The summed E-state index contributed by atoms with van der Waals surface area (Å²) in [5.41, 5.74) is 1.05. The standard InChI is InChI=1S/C20H24Cl2N4O/c1-24(15-16-12-17(21)14-18(22)13-16)7-5-20(27)26-10-8-25(9-11-26)19-4-2-3-6-23-19/h2-4,6,12-14H,5,7-11,15H2,1H3. The number of carbonyl (C=O) groups is 1. The highest BCUT2D eigenvalue weighted by molar-refractivity contribution is 6.34. The van der Waals surface area contributed by atoms with Gasteiger partial charge in [-0.15, -0.1) is 0 Å². The van der Waals surface area contributed by atoms with E-state index in [1.165, 1.54) is 0 Å². The van der Waals surface area contributed by atoms with Crippen LogP contribution in [0.15, 0.2) is 42.6 Å². The van der Waals surface area contributed by atoms with Crippen LogP contribution in [0.25, 0.3) is 0 Å². The summed E-state index contributed by atoms with van der Waals surface area (Å²) < 4.78 is 0. The van der Waals surface area contributed by atoms with Crippen molar-refractivity contribution in [3.8, 4) is 0 Å². The molecule has 0 aliphatic carbocycles. The molecule has 0 bridgehead atoms. The Morgan fingerprint density at radius 2 is 1.81 bits per heavy atom. The Labute approximate surface area is 170 Å². The van der Waals surface area contributed by atoms with Gasteiger partial charge in [0.15, 0.2) is 0 Å². The molecular formula is C20H24Cl2N4O. The number of hydrogen-bond acceptors (Lipinski definition) is 4. The Hall–Kier alpha value is -1.82. The zero-order chi connectivity index (χ0) is 19.2. The highest BCUT2D eigenvalue weighted by Crippen LogP contribution is 2.20. The van der Waals surface area contributed by atoms with Crippen LogP contribution in [0.3, 0.4) is 0 Å². The van der Waals surface area contributed by atoms with Crippen molar-refractivity contribution < 1.29 is 4.79 Å². The van der Waals surface area contributed by atoms with E-state index in [0.717, 1.165) is 37.6 Å². The van der Waals surface area contributed by atoms with Crippen LogP contribution in [-0.2, 0) is 11.3 Å². The lowest BCUT2D eigenvalue weighted by Crippen LogP contribution is -2.49. The summed E-state index contributed by atoms with van der Waals surface area (Å²) in [4.78, 5) is 23.2. The minimum absolute atomic E-state index is 0.201. The predicted molar refractivity (Wildman–Crippen MR) is 110 cm³/mol. The fraction of sp³-hybridized carbons (Fsp3) is 0.400. The first-order valence-electron chi connectivity index (χ1n) is 9.08. The van der Waals surface area contributed by atoms with Crippen LogP contribution in [-0.4, -0.2) is 60.5 Å². The lowest BCUT2D eigenvalue weighted by molar-refractivity contribution is -0.131. The molecule has 0 spiro atoms. The van der Waals surface area contributed by atoms with Crippen molar-refractivity contribution in [2.45, 2.75) is 13.0 Å². The van der Waals surface area contributed by atoms with Crippen LogP contribution in [0.1, 0.15) is 12.0 Å². The van der Waals surface area contributed by atoms with Crippen LogP contribution in [0, 0.1) is 0 Å². The number of piperazine rings is 1. The monoisotopic (exact) mass is 406 g/mol. The number of carbonyl (C=O) groups excluding carboxylic acids is 1. The number of pyridine rings is 1. The maximum atomic E-state index is 12.5. The van der Waals surface area contributed by atoms with Crippen molar-refractivity contribution in [3.63, 3.8) is 0 Å². The van der Waals surface area contributed by atoms with Gasteiger partial charge in [-0.05, 0) is 42.9 Å². The normalized spacial score (nSPS) is 14.7. The fourth-order valence-corrected chi connectivity index (χ4v) is 3.83. The second-order valence-electron chi connectivity index (χ2n) is 6.82. The molecule has 1 amide bonds. The molecule has 144 valence electrons. The molecule has 1 aliphatic rings. The largest absolute Gasteiger partial charge is 0.353 e. The van der Waals surface area contributed by atoms with Gasteiger partial charge in [0.25, 0.3) is 0 Å². The van der Waals surface area contributed by atoms with E-state index in [0.29, 0.717) is 29.6 Å². The third-order valence-electron chi connectivity index (χ3n) is 4.69. The third kappa shape index (κ3) is 5.83. The molecule has 5 nitrogen and oxygen atoms in total. The maximum Gasteiger partial charge on any atom is 0.223 e. The minimum Gasteiger partial charge on any atom is -0.353 e. The number of anilines is 1. The number of benzene rings is 1. The van der Waals surface area contributed by atoms with Gasteiger partial charge in [-0.2, -0.15) is 0 Å². The van der Waals surface area contributed by atoms with E-state index in [-0.39, 0.29) is 5.91 Å². The molecule has 1 aliphatic heterocycles. The molecule has 1 fully saturated rings. The first kappa shape index (κ1) is 19.9. The summed E-state index contributed by atoms with van der Waals surface area (Å²) in [5, 5.41) is 1.26. The van der Waals surface area contributed by atoms with Crippen molar-refractivity contribution in [1.29, 1.82) is 0 Å². The van der Waals surface area contributed by atoms with Crippen LogP contribution in [0.5, 0.6) is 0 Å². The molecule has 0 atom stereocenters. The second-order valence-corrected chi connectivity index (χ2v) is 7.69. The highest BCUT2D eigenvalue weighted by Gasteiger charge is 2.21. The van der Waals surface area contributed by atoms with E-state index in [1.807, 2.05) is 42.3 Å². The summed E-state index contributed by atoms with van der Waals surface area (Å²) >= 11 is 12.1. The molecule has 0 radical (unpaired) electrons. The smallest absolute Gasteiger partial charge is 0.223 e. The molecule has 0 N–H and O–H groups in total. The summed E-state index contributed by atoms with van der Waals surface area (Å²) in [5.74, 6) is 1.18. The van der Waals surface area contributed by atoms with Crippen LogP contribution in [0.2, 0.25) is 10.0 Å². The molecule has 0 saturated carbocycles. The Kier molecular flexibility index (Phi) is 6.94. The molecular weight excluding hydrogens is 383 g/mol. The summed E-state index contributed by atoms with van der Waals surface area (Å²) in [6.07, 6.45) is 2.31. The number of rotatable bonds is 6. The number of amides is 1. The number of hydrogen-bond donors (Lipinski definition) is 0. The van der Waals surface area contributed by atoms with Gasteiger partial charge in [0.2, 0.25) is 5.91 Å². The van der Waals surface area contributed by atoms with Gasteiger partial charge in [-0.1, -0.05) is 29.3 Å². The molecule has 3 rings (SSSR count). The Balaban J connectivity index is 1.43. The van der Waals surface area contributed by atoms with E-state index in [9.17, 15) is 4.79 Å². The van der Waals surface area contributed by atoms with Crippen molar-refractivity contribution in [2.24, 2.45) is 0 Å². The van der Waals surface area contributed by atoms with E-state index in [2.05, 4.69) is 14.8 Å². The molecule has 2 aromatic rings. The predicted octanol–water partition coefficient (Wildman–Crippen LogP) is 3.56. The molecule has 1 aromatic carbocycles. The SMILES string of the molecule is CN(CCC(=O)N1CCN(c2ccccn2)CC1)Cc1cc(Cl)cc(Cl)c1. The Bertz CT molecular complexity index is 744. The van der Waals surface area contributed by atoms with E-state index in [1.54, 1.807) is 12.3 Å². The zero-order valence-electron chi connectivity index (χ0n) is 15.4. The first-order valence-corrected chi connectivity index (χ1v) is 9.84. The van der Waals surface area contributed by atoms with Crippen molar-refractivity contribution >= 4 is 34.9 Å². The van der Waals surface area contributed by atoms with Gasteiger partial charge < -0.3 is 14.7 Å². The molecule has 1 saturated heterocycles. The second kappa shape index (κ2) is 9.40. The van der Waals surface area contributed by atoms with Gasteiger partial charge in [-0.25, -0.2) is 4.98 Å². The van der Waals surface area contributed by atoms with E-state index >= 15 is 0 Å². The number of aromatic nitrogens is 1. The van der Waals surface area contributed by atoms with E-state index in [4.69, 9.17) is 23.2 Å². The van der Waals surface area contributed by atoms with Crippen molar-refractivity contribution in [3.05, 3.63) is 58.2 Å². The lowest BCUT2D eigenvalue weighted by atomic mass is 10.2. The van der Waals surface area contributed by atoms with Gasteiger partial charge >= 0.3 is 0 Å². The molecule has 2 heterocycles. The summed E-state index contributed by atoms with van der Waals surface area (Å²) in [7, 11) is 2.00. The molecule has 7 heteroatoms. The summed E-state index contributed by atoms with van der Waals surface area (Å²) in [6, 6.07) is 11.4. The quantitative estimate of drug-likeness (QED) is 0.734.